The van der Waals surface area contributed by atoms with Crippen LogP contribution in [0.1, 0.15) is 55.6 Å². The average Bonchev–Trinajstić information content (AvgIpc) is 2.72. The first-order chi connectivity index (χ1) is 12.9. The summed E-state index contributed by atoms with van der Waals surface area (Å²) in [5.74, 6) is 0.804. The van der Waals surface area contributed by atoms with Gasteiger partial charge < -0.3 is 10.2 Å². The minimum Gasteiger partial charge on any atom is -0.341 e. The van der Waals surface area contributed by atoms with Gasteiger partial charge in [-0.25, -0.2) is 0 Å². The van der Waals surface area contributed by atoms with Crippen molar-refractivity contribution in [2.45, 2.75) is 63.1 Å². The molecule has 1 saturated carbocycles. The highest BCUT2D eigenvalue weighted by molar-refractivity contribution is 5.19. The van der Waals surface area contributed by atoms with Gasteiger partial charge >= 0.3 is 0 Å². The van der Waals surface area contributed by atoms with Crippen molar-refractivity contribution in [3.63, 3.8) is 0 Å². The lowest BCUT2D eigenvalue weighted by atomic mass is 9.81. The van der Waals surface area contributed by atoms with Crippen LogP contribution < -0.4 is 10.2 Å². The number of nitrogens with one attached hydrogen (secondary N) is 1. The minimum absolute atomic E-state index is 0.804. The largest absolute Gasteiger partial charge is 0.341 e. The molecule has 0 bridgehead atoms. The molecule has 2 aromatic carbocycles. The first-order valence-corrected chi connectivity index (χ1v) is 10.6. The normalized spacial score (nSPS) is 29.4. The number of hydrogen-bond acceptors (Lipinski definition) is 0. The van der Waals surface area contributed by atoms with Gasteiger partial charge in [-0.05, 0) is 37.2 Å². The van der Waals surface area contributed by atoms with Gasteiger partial charge in [-0.15, -0.1) is 0 Å². The maximum atomic E-state index is 2.75. The molecule has 0 radical (unpaired) electrons. The smallest absolute Gasteiger partial charge is 0.103 e. The minimum atomic E-state index is 0.804. The summed E-state index contributed by atoms with van der Waals surface area (Å²) >= 11 is 0. The number of nitrogens with two attached hydrogens (primary N) is 1. The van der Waals surface area contributed by atoms with E-state index in [0.717, 1.165) is 18.0 Å². The molecule has 0 aromatic heterocycles. The fraction of sp³-hybridized carbons (Fsp3) is 0.500. The molecule has 2 nitrogen and oxygen atoms in total. The molecular formula is C24H34N2+2. The molecule has 1 saturated heterocycles. The molecule has 0 amide bonds. The Balaban J connectivity index is 1.18. The van der Waals surface area contributed by atoms with Crippen molar-refractivity contribution in [3.8, 4) is 0 Å². The number of rotatable bonds is 5. The summed E-state index contributed by atoms with van der Waals surface area (Å²) in [5, 5.41) is 2.75. The molecule has 0 spiro atoms. The summed E-state index contributed by atoms with van der Waals surface area (Å²) in [6.45, 7) is 3.89. The van der Waals surface area contributed by atoms with Crippen molar-refractivity contribution >= 4 is 0 Å². The van der Waals surface area contributed by atoms with Crippen LogP contribution in [0.25, 0.3) is 0 Å². The lowest BCUT2D eigenvalue weighted by molar-refractivity contribution is -0.927. The summed E-state index contributed by atoms with van der Waals surface area (Å²) in [5.41, 5.74) is 3.05. The highest BCUT2D eigenvalue weighted by atomic mass is 15.1. The van der Waals surface area contributed by atoms with Gasteiger partial charge in [0.2, 0.25) is 0 Å². The van der Waals surface area contributed by atoms with E-state index in [1.54, 1.807) is 10.5 Å². The fourth-order valence-electron chi connectivity index (χ4n) is 5.06. The van der Waals surface area contributed by atoms with E-state index in [4.69, 9.17) is 0 Å². The number of likely N-dealkylation sites (tertiary alicyclic amines) is 1. The van der Waals surface area contributed by atoms with Gasteiger partial charge in [0.1, 0.15) is 6.54 Å². The number of piperidine rings is 1. The van der Waals surface area contributed by atoms with Gasteiger partial charge in [0.15, 0.2) is 0 Å². The van der Waals surface area contributed by atoms with E-state index in [-0.39, 0.29) is 0 Å². The van der Waals surface area contributed by atoms with Gasteiger partial charge in [-0.3, -0.25) is 0 Å². The van der Waals surface area contributed by atoms with E-state index in [1.807, 2.05) is 0 Å². The Bertz CT molecular complexity index is 638. The molecule has 4 rings (SSSR count). The highest BCUT2D eigenvalue weighted by Gasteiger charge is 2.30. The van der Waals surface area contributed by atoms with Crippen LogP contribution in [0.4, 0.5) is 0 Å². The maximum absolute atomic E-state index is 2.75. The molecule has 2 fully saturated rings. The van der Waals surface area contributed by atoms with Crippen LogP contribution in [0.3, 0.4) is 0 Å². The molecule has 2 aliphatic rings. The van der Waals surface area contributed by atoms with Crippen LogP contribution in [0.15, 0.2) is 60.7 Å². The second kappa shape index (κ2) is 8.83. The zero-order chi connectivity index (χ0) is 17.6. The van der Waals surface area contributed by atoms with E-state index < -0.39 is 0 Å². The van der Waals surface area contributed by atoms with E-state index in [1.165, 1.54) is 63.7 Å². The van der Waals surface area contributed by atoms with Crippen LogP contribution in [-0.4, -0.2) is 25.2 Å². The van der Waals surface area contributed by atoms with Crippen molar-refractivity contribution in [3.05, 3.63) is 71.8 Å². The fourth-order valence-corrected chi connectivity index (χ4v) is 5.06. The molecule has 2 aromatic rings. The Morgan fingerprint density at radius 1 is 0.692 bits per heavy atom. The van der Waals surface area contributed by atoms with Gasteiger partial charge in [-0.2, -0.15) is 0 Å². The predicted octanol–water partition coefficient (Wildman–Crippen LogP) is 2.52. The summed E-state index contributed by atoms with van der Waals surface area (Å²) in [7, 11) is 0. The standard InChI is InChI=1S/C24H32N2/c1-3-7-20(8-4-1)19-26-17-15-24(16-18-26)25-23-13-11-22(12-14-23)21-9-5-2-6-10-21/h1-10,22-25H,11-19H2/p+2. The van der Waals surface area contributed by atoms with Crippen LogP contribution in [-0.2, 0) is 6.54 Å². The van der Waals surface area contributed by atoms with Crippen molar-refractivity contribution in [1.82, 2.24) is 0 Å². The summed E-state index contributed by atoms with van der Waals surface area (Å²) in [6, 6.07) is 23.9. The molecule has 138 valence electrons. The van der Waals surface area contributed by atoms with Crippen LogP contribution in [0, 0.1) is 0 Å². The lowest BCUT2D eigenvalue weighted by Crippen LogP contribution is -3.14. The number of quaternary nitrogens is 2. The molecule has 1 aliphatic heterocycles. The molecule has 2 heteroatoms. The third kappa shape index (κ3) is 4.75. The Labute approximate surface area is 158 Å². The summed E-state index contributed by atoms with van der Waals surface area (Å²) in [6.07, 6.45) is 8.33. The van der Waals surface area contributed by atoms with Gasteiger partial charge in [0.25, 0.3) is 0 Å². The first-order valence-electron chi connectivity index (χ1n) is 10.6. The average molecular weight is 351 g/mol. The molecule has 26 heavy (non-hydrogen) atoms. The summed E-state index contributed by atoms with van der Waals surface area (Å²) < 4.78 is 0. The second-order valence-electron chi connectivity index (χ2n) is 8.46. The quantitative estimate of drug-likeness (QED) is 0.827. The zero-order valence-electron chi connectivity index (χ0n) is 15.9. The Hall–Kier alpha value is -1.64. The Morgan fingerprint density at radius 3 is 1.92 bits per heavy atom. The Kier molecular flexibility index (Phi) is 6.03. The SMILES string of the molecule is c1ccc(C[NH+]2CCC([NH2+]C3CCC(c4ccccc4)CC3)CC2)cc1. The summed E-state index contributed by atoms with van der Waals surface area (Å²) in [4.78, 5) is 1.77. The highest BCUT2D eigenvalue weighted by Crippen LogP contribution is 2.31. The molecule has 1 heterocycles. The molecular weight excluding hydrogens is 316 g/mol. The van der Waals surface area contributed by atoms with Crippen LogP contribution in [0.5, 0.6) is 0 Å². The van der Waals surface area contributed by atoms with Gasteiger partial charge in [-0.1, -0.05) is 60.7 Å². The third-order valence-electron chi connectivity index (χ3n) is 6.62. The van der Waals surface area contributed by atoms with Crippen molar-refractivity contribution in [1.29, 1.82) is 0 Å². The maximum Gasteiger partial charge on any atom is 0.103 e. The number of hydrogen-bond donors (Lipinski definition) is 2. The van der Waals surface area contributed by atoms with Crippen molar-refractivity contribution in [2.75, 3.05) is 13.1 Å². The van der Waals surface area contributed by atoms with Gasteiger partial charge in [0, 0.05) is 18.4 Å². The molecule has 1 aliphatic carbocycles. The molecule has 3 N–H and O–H groups in total. The van der Waals surface area contributed by atoms with E-state index >= 15 is 0 Å². The monoisotopic (exact) mass is 350 g/mol. The topological polar surface area (TPSA) is 21.1 Å². The van der Waals surface area contributed by atoms with E-state index in [2.05, 4.69) is 66.0 Å². The molecule has 0 atom stereocenters. The lowest BCUT2D eigenvalue weighted by Gasteiger charge is -2.33. The number of benzene rings is 2. The molecule has 0 unspecified atom stereocenters. The van der Waals surface area contributed by atoms with Crippen molar-refractivity contribution in [2.24, 2.45) is 0 Å². The predicted molar refractivity (Wildman–Crippen MR) is 107 cm³/mol. The zero-order valence-corrected chi connectivity index (χ0v) is 15.9. The van der Waals surface area contributed by atoms with Crippen LogP contribution in [0.2, 0.25) is 0 Å². The third-order valence-corrected chi connectivity index (χ3v) is 6.62. The van der Waals surface area contributed by atoms with Crippen LogP contribution >= 0.6 is 0 Å². The Morgan fingerprint density at radius 2 is 1.27 bits per heavy atom. The van der Waals surface area contributed by atoms with E-state index in [0.29, 0.717) is 0 Å². The second-order valence-corrected chi connectivity index (χ2v) is 8.46. The van der Waals surface area contributed by atoms with Crippen molar-refractivity contribution < 1.29 is 10.2 Å². The van der Waals surface area contributed by atoms with E-state index in [9.17, 15) is 0 Å². The first kappa shape index (κ1) is 17.8. The van der Waals surface area contributed by atoms with Gasteiger partial charge in [0.05, 0.1) is 25.2 Å².